The molecular weight excluding hydrogens is 385 g/mol. The Balaban J connectivity index is 1.73. The van der Waals surface area contributed by atoms with E-state index < -0.39 is 5.82 Å². The highest BCUT2D eigenvalue weighted by Gasteiger charge is 2.16. The van der Waals surface area contributed by atoms with Crippen molar-refractivity contribution in [2.24, 2.45) is 0 Å². The van der Waals surface area contributed by atoms with Gasteiger partial charge < -0.3 is 11.1 Å². The summed E-state index contributed by atoms with van der Waals surface area (Å²) in [6, 6.07) is 13.1. The molecule has 4 rings (SSSR count). The maximum absolute atomic E-state index is 13.8. The summed E-state index contributed by atoms with van der Waals surface area (Å²) in [4.78, 5) is 25.6. The van der Waals surface area contributed by atoms with Crippen LogP contribution in [0.15, 0.2) is 59.8 Å². The molecule has 1 aromatic carbocycles. The Morgan fingerprint density at radius 3 is 2.87 bits per heavy atom. The number of rotatable bonds is 5. The zero-order chi connectivity index (χ0) is 21.1. The third-order valence-electron chi connectivity index (χ3n) is 4.57. The molecule has 0 atom stereocenters. The Kier molecular flexibility index (Phi) is 5.05. The number of hydrogen-bond donors (Lipinski definition) is 2. The topological polar surface area (TPSA) is 122 Å². The van der Waals surface area contributed by atoms with E-state index in [9.17, 15) is 14.4 Å². The van der Waals surface area contributed by atoms with Crippen LogP contribution < -0.4 is 16.6 Å². The van der Waals surface area contributed by atoms with Crippen molar-refractivity contribution in [1.82, 2.24) is 19.4 Å². The molecule has 4 aromatic rings. The van der Waals surface area contributed by atoms with E-state index in [0.29, 0.717) is 41.3 Å². The zero-order valence-corrected chi connectivity index (χ0v) is 15.7. The molecule has 3 aromatic heterocycles. The summed E-state index contributed by atoms with van der Waals surface area (Å²) in [5, 5.41) is 12.3. The number of anilines is 2. The molecule has 0 aliphatic heterocycles. The van der Waals surface area contributed by atoms with Crippen molar-refractivity contribution in [2.45, 2.75) is 6.42 Å². The Morgan fingerprint density at radius 2 is 2.07 bits per heavy atom. The SMILES string of the molecule is N#Cc1c(N)ncnc1NCCc1nc2ccccn2c(=O)c1-c1cccc(F)c1. The first-order valence-corrected chi connectivity index (χ1v) is 9.09. The molecule has 0 aliphatic rings. The van der Waals surface area contributed by atoms with Gasteiger partial charge in [-0.2, -0.15) is 5.26 Å². The molecule has 0 unspecified atom stereocenters. The maximum Gasteiger partial charge on any atom is 0.265 e. The predicted octanol–water partition coefficient (Wildman–Crippen LogP) is 2.40. The summed E-state index contributed by atoms with van der Waals surface area (Å²) in [7, 11) is 0. The van der Waals surface area contributed by atoms with Gasteiger partial charge in [-0.3, -0.25) is 9.20 Å². The molecular formula is C21H16FN7O. The molecule has 0 spiro atoms. The molecule has 30 heavy (non-hydrogen) atoms. The standard InChI is InChI=1S/C21H16FN7O/c22-14-5-3-4-13(10-14)18-16(28-17-6-1-2-9-29(17)21(18)30)7-8-25-20-15(11-23)19(24)26-12-27-20/h1-6,9-10,12H,7-8H2,(H3,24,25,26,27). The number of nitrogen functional groups attached to an aromatic ring is 1. The number of halogens is 1. The number of nitriles is 1. The van der Waals surface area contributed by atoms with Crippen molar-refractivity contribution >= 4 is 17.3 Å². The summed E-state index contributed by atoms with van der Waals surface area (Å²) in [5.74, 6) is -0.0587. The van der Waals surface area contributed by atoms with Crippen LogP contribution in [0.3, 0.4) is 0 Å². The van der Waals surface area contributed by atoms with Gasteiger partial charge in [-0.25, -0.2) is 19.3 Å². The maximum atomic E-state index is 13.8. The molecule has 0 bridgehead atoms. The molecule has 0 radical (unpaired) electrons. The minimum atomic E-state index is -0.441. The highest BCUT2D eigenvalue weighted by atomic mass is 19.1. The minimum Gasteiger partial charge on any atom is -0.382 e. The predicted molar refractivity (Wildman–Crippen MR) is 110 cm³/mol. The quantitative estimate of drug-likeness (QED) is 0.526. The molecule has 148 valence electrons. The zero-order valence-electron chi connectivity index (χ0n) is 15.7. The Bertz CT molecular complexity index is 1340. The van der Waals surface area contributed by atoms with E-state index in [1.165, 1.54) is 22.9 Å². The first kappa shape index (κ1) is 19.0. The van der Waals surface area contributed by atoms with Crippen LogP contribution in [0.5, 0.6) is 0 Å². The van der Waals surface area contributed by atoms with E-state index in [1.54, 1.807) is 36.5 Å². The van der Waals surface area contributed by atoms with Crippen molar-refractivity contribution in [1.29, 1.82) is 5.26 Å². The van der Waals surface area contributed by atoms with Crippen LogP contribution in [0.4, 0.5) is 16.0 Å². The minimum absolute atomic E-state index is 0.0810. The second-order valence-electron chi connectivity index (χ2n) is 6.45. The number of nitrogens with two attached hydrogens (primary N) is 1. The van der Waals surface area contributed by atoms with Crippen molar-refractivity contribution in [2.75, 3.05) is 17.6 Å². The van der Waals surface area contributed by atoms with Gasteiger partial charge in [-0.15, -0.1) is 0 Å². The Labute approximate surface area is 170 Å². The van der Waals surface area contributed by atoms with Gasteiger partial charge in [0, 0.05) is 19.2 Å². The number of hydrogen-bond acceptors (Lipinski definition) is 7. The van der Waals surface area contributed by atoms with Gasteiger partial charge in [0.15, 0.2) is 0 Å². The van der Waals surface area contributed by atoms with Crippen LogP contribution in [0, 0.1) is 17.1 Å². The van der Waals surface area contributed by atoms with E-state index in [1.807, 2.05) is 6.07 Å². The lowest BCUT2D eigenvalue weighted by Gasteiger charge is -2.12. The molecule has 0 saturated heterocycles. The molecule has 8 nitrogen and oxygen atoms in total. The number of nitrogens with zero attached hydrogens (tertiary/aromatic N) is 5. The van der Waals surface area contributed by atoms with Crippen LogP contribution in [0.25, 0.3) is 16.8 Å². The van der Waals surface area contributed by atoms with Gasteiger partial charge in [-0.05, 0) is 29.8 Å². The van der Waals surface area contributed by atoms with Gasteiger partial charge in [-0.1, -0.05) is 18.2 Å². The Hall–Kier alpha value is -4.32. The normalized spacial score (nSPS) is 10.7. The van der Waals surface area contributed by atoms with Gasteiger partial charge >= 0.3 is 0 Å². The fourth-order valence-electron chi connectivity index (χ4n) is 3.19. The van der Waals surface area contributed by atoms with E-state index in [4.69, 9.17) is 5.73 Å². The molecule has 0 amide bonds. The van der Waals surface area contributed by atoms with Crippen LogP contribution >= 0.6 is 0 Å². The lowest BCUT2D eigenvalue weighted by Crippen LogP contribution is -2.21. The van der Waals surface area contributed by atoms with Gasteiger partial charge in [0.1, 0.15) is 41.1 Å². The van der Waals surface area contributed by atoms with Gasteiger partial charge in [0.05, 0.1) is 11.3 Å². The summed E-state index contributed by atoms with van der Waals surface area (Å²) < 4.78 is 15.3. The molecule has 9 heteroatoms. The molecule has 3 heterocycles. The van der Waals surface area contributed by atoms with E-state index in [-0.39, 0.29) is 16.9 Å². The van der Waals surface area contributed by atoms with E-state index >= 15 is 0 Å². The number of benzene rings is 1. The number of aromatic nitrogens is 4. The van der Waals surface area contributed by atoms with Gasteiger partial charge in [0.2, 0.25) is 0 Å². The first-order valence-electron chi connectivity index (χ1n) is 9.09. The van der Waals surface area contributed by atoms with Crippen molar-refractivity contribution in [3.8, 4) is 17.2 Å². The third kappa shape index (κ3) is 3.54. The number of fused-ring (bicyclic) bond motifs is 1. The average molecular weight is 401 g/mol. The first-order chi connectivity index (χ1) is 14.6. The fraction of sp³-hybridized carbons (Fsp3) is 0.0952. The molecule has 3 N–H and O–H groups in total. The van der Waals surface area contributed by atoms with Crippen LogP contribution in [-0.4, -0.2) is 25.9 Å². The smallest absolute Gasteiger partial charge is 0.265 e. The number of nitrogens with one attached hydrogen (secondary N) is 1. The summed E-state index contributed by atoms with van der Waals surface area (Å²) in [6.45, 7) is 0.322. The van der Waals surface area contributed by atoms with Crippen molar-refractivity contribution < 1.29 is 4.39 Å². The molecule has 0 fully saturated rings. The number of pyridine rings is 1. The fourth-order valence-corrected chi connectivity index (χ4v) is 3.19. The highest BCUT2D eigenvalue weighted by Crippen LogP contribution is 2.22. The van der Waals surface area contributed by atoms with Crippen LogP contribution in [-0.2, 0) is 6.42 Å². The van der Waals surface area contributed by atoms with Crippen molar-refractivity contribution in [3.05, 3.63) is 82.4 Å². The molecule has 0 saturated carbocycles. The third-order valence-corrected chi connectivity index (χ3v) is 4.57. The van der Waals surface area contributed by atoms with E-state index in [2.05, 4.69) is 20.3 Å². The second kappa shape index (κ2) is 7.97. The largest absolute Gasteiger partial charge is 0.382 e. The highest BCUT2D eigenvalue weighted by molar-refractivity contribution is 5.67. The average Bonchev–Trinajstić information content (AvgIpc) is 2.74. The van der Waals surface area contributed by atoms with E-state index in [0.717, 1.165) is 0 Å². The summed E-state index contributed by atoms with van der Waals surface area (Å²) >= 11 is 0. The van der Waals surface area contributed by atoms with Crippen LogP contribution in [0.1, 0.15) is 11.3 Å². The summed E-state index contributed by atoms with van der Waals surface area (Å²) in [5.41, 5.74) is 7.33. The lowest BCUT2D eigenvalue weighted by molar-refractivity contribution is 0.628. The van der Waals surface area contributed by atoms with Gasteiger partial charge in [0.25, 0.3) is 5.56 Å². The summed E-state index contributed by atoms with van der Waals surface area (Å²) in [6.07, 6.45) is 3.22. The van der Waals surface area contributed by atoms with Crippen LogP contribution in [0.2, 0.25) is 0 Å². The molecule has 0 aliphatic carbocycles. The monoisotopic (exact) mass is 401 g/mol. The Morgan fingerprint density at radius 1 is 1.20 bits per heavy atom. The lowest BCUT2D eigenvalue weighted by atomic mass is 10.0. The van der Waals surface area contributed by atoms with Crippen molar-refractivity contribution in [3.63, 3.8) is 0 Å². The second-order valence-corrected chi connectivity index (χ2v) is 6.45.